The van der Waals surface area contributed by atoms with Crippen LogP contribution < -0.4 is 0 Å². The summed E-state index contributed by atoms with van der Waals surface area (Å²) in [5.41, 5.74) is 0. The highest BCUT2D eigenvalue weighted by Crippen LogP contribution is 2.20. The zero-order valence-corrected chi connectivity index (χ0v) is 17.9. The first-order valence-electron chi connectivity index (χ1n) is 11.5. The van der Waals surface area contributed by atoms with Gasteiger partial charge in [-0.1, -0.05) is 76.4 Å². The van der Waals surface area contributed by atoms with Gasteiger partial charge in [0.25, 0.3) is 0 Å². The van der Waals surface area contributed by atoms with Crippen molar-refractivity contribution in [3.8, 4) is 0 Å². The van der Waals surface area contributed by atoms with Crippen molar-refractivity contribution in [1.82, 2.24) is 0 Å². The minimum atomic E-state index is -1.05. The maximum atomic E-state index is 10.1. The van der Waals surface area contributed by atoms with Gasteiger partial charge in [0, 0.05) is 6.61 Å². The third-order valence-electron chi connectivity index (χ3n) is 5.57. The third-order valence-corrected chi connectivity index (χ3v) is 5.57. The van der Waals surface area contributed by atoms with E-state index >= 15 is 0 Å². The fraction of sp³-hybridized carbons (Fsp3) is 0.913. The minimum absolute atomic E-state index is 0.276. The molecule has 28 heavy (non-hydrogen) atoms. The average Bonchev–Trinajstić information content (AvgIpc) is 3.07. The van der Waals surface area contributed by atoms with E-state index in [0.717, 1.165) is 12.8 Å². The molecule has 0 aromatic heterocycles. The molecule has 1 saturated heterocycles. The predicted octanol–water partition coefficient (Wildman–Crippen LogP) is 4.13. The molecule has 0 bridgehead atoms. The molecule has 3 N–H and O–H groups in total. The Morgan fingerprint density at radius 1 is 0.929 bits per heavy atom. The number of rotatable bonds is 18. The molecule has 0 spiro atoms. The van der Waals surface area contributed by atoms with Gasteiger partial charge in [-0.15, -0.1) is 0 Å². The number of allylic oxidation sites excluding steroid dienone is 2. The number of hydrogen-bond donors (Lipinski definition) is 3. The van der Waals surface area contributed by atoms with Crippen LogP contribution in [0.4, 0.5) is 0 Å². The summed E-state index contributed by atoms with van der Waals surface area (Å²) >= 11 is 0. The normalized spacial score (nSPS) is 23.6. The van der Waals surface area contributed by atoms with Gasteiger partial charge in [0.1, 0.15) is 24.4 Å². The quantitative estimate of drug-likeness (QED) is 0.238. The van der Waals surface area contributed by atoms with E-state index in [1.807, 2.05) is 0 Å². The van der Waals surface area contributed by atoms with Crippen LogP contribution in [0.1, 0.15) is 90.4 Å². The van der Waals surface area contributed by atoms with E-state index in [9.17, 15) is 10.2 Å². The van der Waals surface area contributed by atoms with E-state index in [0.29, 0.717) is 6.61 Å². The first-order chi connectivity index (χ1) is 13.7. The first kappa shape index (κ1) is 25.6. The molecule has 0 aliphatic carbocycles. The van der Waals surface area contributed by atoms with Crippen molar-refractivity contribution in [2.45, 2.75) is 115 Å². The van der Waals surface area contributed by atoms with Crippen molar-refractivity contribution >= 4 is 0 Å². The van der Waals surface area contributed by atoms with Gasteiger partial charge in [-0.05, 0) is 26.2 Å². The lowest BCUT2D eigenvalue weighted by Gasteiger charge is -2.20. The molecule has 1 fully saturated rings. The molecule has 0 aromatic rings. The molecule has 1 heterocycles. The Morgan fingerprint density at radius 2 is 1.46 bits per heavy atom. The van der Waals surface area contributed by atoms with Gasteiger partial charge in [-0.2, -0.15) is 0 Å². The predicted molar refractivity (Wildman–Crippen MR) is 113 cm³/mol. The molecular weight excluding hydrogens is 356 g/mol. The zero-order valence-electron chi connectivity index (χ0n) is 17.9. The highest BCUT2D eigenvalue weighted by atomic mass is 16.6. The molecule has 1 aliphatic rings. The van der Waals surface area contributed by atoms with Gasteiger partial charge in [0.05, 0.1) is 13.2 Å². The second-order valence-electron chi connectivity index (χ2n) is 8.05. The molecule has 166 valence electrons. The van der Waals surface area contributed by atoms with Crippen LogP contribution in [0.15, 0.2) is 12.2 Å². The zero-order chi connectivity index (χ0) is 20.5. The van der Waals surface area contributed by atoms with Gasteiger partial charge in [-0.3, -0.25) is 0 Å². The van der Waals surface area contributed by atoms with Gasteiger partial charge in [0.2, 0.25) is 0 Å². The van der Waals surface area contributed by atoms with Crippen LogP contribution in [0.5, 0.6) is 0 Å². The molecule has 0 aromatic carbocycles. The Balaban J connectivity index is 1.81. The number of unbranched alkanes of at least 4 members (excludes halogenated alkanes) is 12. The number of hydrogen-bond acceptors (Lipinski definition) is 5. The summed E-state index contributed by atoms with van der Waals surface area (Å²) in [4.78, 5) is 0. The van der Waals surface area contributed by atoms with Crippen LogP contribution in [-0.4, -0.2) is 59.6 Å². The summed E-state index contributed by atoms with van der Waals surface area (Å²) in [6.45, 7) is 2.57. The van der Waals surface area contributed by atoms with Crippen molar-refractivity contribution in [2.75, 3.05) is 19.8 Å². The van der Waals surface area contributed by atoms with Crippen LogP contribution >= 0.6 is 0 Å². The van der Waals surface area contributed by atoms with Gasteiger partial charge in [0.15, 0.2) is 0 Å². The van der Waals surface area contributed by atoms with Crippen molar-refractivity contribution < 1.29 is 24.8 Å². The summed E-state index contributed by atoms with van der Waals surface area (Å²) in [5, 5.41) is 28.6. The Morgan fingerprint density at radius 3 is 2.00 bits per heavy atom. The van der Waals surface area contributed by atoms with E-state index in [-0.39, 0.29) is 6.61 Å². The second-order valence-corrected chi connectivity index (χ2v) is 8.05. The Labute approximate surface area is 172 Å². The lowest BCUT2D eigenvalue weighted by molar-refractivity contribution is -0.0730. The molecule has 0 saturated carbocycles. The van der Waals surface area contributed by atoms with E-state index in [1.54, 1.807) is 0 Å². The first-order valence-corrected chi connectivity index (χ1v) is 11.5. The van der Waals surface area contributed by atoms with Crippen LogP contribution in [-0.2, 0) is 9.47 Å². The smallest absolute Gasteiger partial charge is 0.114 e. The molecule has 4 atom stereocenters. The van der Waals surface area contributed by atoms with E-state index in [4.69, 9.17) is 14.6 Å². The van der Waals surface area contributed by atoms with Gasteiger partial charge in [-0.25, -0.2) is 0 Å². The molecule has 1 aliphatic heterocycles. The van der Waals surface area contributed by atoms with Crippen molar-refractivity contribution in [3.63, 3.8) is 0 Å². The van der Waals surface area contributed by atoms with Crippen molar-refractivity contribution in [2.24, 2.45) is 0 Å². The van der Waals surface area contributed by atoms with Crippen LogP contribution in [0, 0.1) is 0 Å². The summed E-state index contributed by atoms with van der Waals surface area (Å²) in [5.74, 6) is 0. The van der Waals surface area contributed by atoms with Crippen molar-refractivity contribution in [3.05, 3.63) is 12.2 Å². The molecule has 1 rings (SSSR count). The Bertz CT molecular complexity index is 374. The lowest BCUT2D eigenvalue weighted by Crippen LogP contribution is -2.41. The van der Waals surface area contributed by atoms with E-state index in [1.165, 1.54) is 70.6 Å². The minimum Gasteiger partial charge on any atom is -0.394 e. The third kappa shape index (κ3) is 11.5. The van der Waals surface area contributed by atoms with Crippen molar-refractivity contribution in [1.29, 1.82) is 0 Å². The molecule has 5 heteroatoms. The molecular formula is C23H44O5. The van der Waals surface area contributed by atoms with E-state index < -0.39 is 31.0 Å². The second kappa shape index (κ2) is 17.4. The largest absolute Gasteiger partial charge is 0.394 e. The fourth-order valence-corrected chi connectivity index (χ4v) is 3.74. The van der Waals surface area contributed by atoms with Crippen LogP contribution in [0.2, 0.25) is 0 Å². The number of ether oxygens (including phenoxy) is 2. The van der Waals surface area contributed by atoms with Crippen LogP contribution in [0.25, 0.3) is 0 Å². The highest BCUT2D eigenvalue weighted by molar-refractivity contribution is 4.88. The maximum absolute atomic E-state index is 10.1. The van der Waals surface area contributed by atoms with E-state index in [2.05, 4.69) is 19.1 Å². The molecule has 0 unspecified atom stereocenters. The Kier molecular flexibility index (Phi) is 15.9. The molecule has 0 amide bonds. The van der Waals surface area contributed by atoms with Gasteiger partial charge < -0.3 is 24.8 Å². The highest BCUT2D eigenvalue weighted by Gasteiger charge is 2.40. The summed E-state index contributed by atoms with van der Waals surface area (Å²) < 4.78 is 11.0. The SMILES string of the molecule is C/C=C/CCCCCCCCCCCCCCO[C@H]1CO[C@H]([C@H](O)CO)[C@@H]1O. The summed E-state index contributed by atoms with van der Waals surface area (Å²) in [6, 6.07) is 0. The topological polar surface area (TPSA) is 79.2 Å². The molecule has 0 radical (unpaired) electrons. The standard InChI is InChI=1S/C23H44O5/c1-2-3-4-5-6-7-8-9-10-11-12-13-14-15-16-17-27-21-19-28-23(22(21)26)20(25)18-24/h2-3,20-26H,4-19H2,1H3/b3-2+/t20-,21+,22-,23-/m1/s1. The number of aliphatic hydroxyl groups is 3. The summed E-state index contributed by atoms with van der Waals surface area (Å²) in [6.07, 6.45) is 18.2. The Hall–Kier alpha value is -0.460. The fourth-order valence-electron chi connectivity index (χ4n) is 3.74. The molecule has 5 nitrogen and oxygen atoms in total. The maximum Gasteiger partial charge on any atom is 0.114 e. The summed E-state index contributed by atoms with van der Waals surface area (Å²) in [7, 11) is 0. The monoisotopic (exact) mass is 400 g/mol. The van der Waals surface area contributed by atoms with Crippen LogP contribution in [0.3, 0.4) is 0 Å². The van der Waals surface area contributed by atoms with Gasteiger partial charge >= 0.3 is 0 Å². The number of aliphatic hydroxyl groups excluding tert-OH is 3. The lowest BCUT2D eigenvalue weighted by atomic mass is 10.0. The average molecular weight is 401 g/mol.